The number of aromatic carboxylic acids is 1. The molecule has 33 heavy (non-hydrogen) atoms. The lowest BCUT2D eigenvalue weighted by atomic mass is 9.83. The van der Waals surface area contributed by atoms with Crippen molar-refractivity contribution in [2.24, 2.45) is 11.8 Å². The second-order valence-electron chi connectivity index (χ2n) is 10.5. The van der Waals surface area contributed by atoms with Crippen LogP contribution < -0.4 is 4.74 Å². The Labute approximate surface area is 198 Å². The van der Waals surface area contributed by atoms with Gasteiger partial charge < -0.3 is 19.7 Å². The van der Waals surface area contributed by atoms with E-state index in [1.807, 2.05) is 6.92 Å². The lowest BCUT2D eigenvalue weighted by molar-refractivity contribution is -0.145. The molecule has 3 aliphatic carbocycles. The summed E-state index contributed by atoms with van der Waals surface area (Å²) >= 11 is 1.34. The van der Waals surface area contributed by atoms with Gasteiger partial charge in [-0.25, -0.2) is 9.78 Å². The molecule has 2 aromatic rings. The molecule has 176 valence electrons. The summed E-state index contributed by atoms with van der Waals surface area (Å²) < 4.78 is 12.7. The molecule has 0 bridgehead atoms. The Morgan fingerprint density at radius 1 is 1.21 bits per heavy atom. The highest BCUT2D eigenvalue weighted by atomic mass is 32.1. The summed E-state index contributed by atoms with van der Waals surface area (Å²) in [7, 11) is 0. The fourth-order valence-electron chi connectivity index (χ4n) is 5.88. The number of aromatic nitrogens is 1. The second-order valence-corrected chi connectivity index (χ2v) is 11.4. The molecular weight excluding hydrogens is 438 g/mol. The highest BCUT2D eigenvalue weighted by molar-refractivity contribution is 7.10. The predicted molar refractivity (Wildman–Crippen MR) is 124 cm³/mol. The maximum absolute atomic E-state index is 11.2. The Balaban J connectivity index is 1.13. The zero-order chi connectivity index (χ0) is 22.7. The van der Waals surface area contributed by atoms with Crippen molar-refractivity contribution in [1.29, 1.82) is 0 Å². The van der Waals surface area contributed by atoms with Gasteiger partial charge in [0.25, 0.3) is 0 Å². The molecule has 5 atom stereocenters. The Bertz CT molecular complexity index is 1060. The summed E-state index contributed by atoms with van der Waals surface area (Å²) in [6.07, 6.45) is 6.93. The van der Waals surface area contributed by atoms with E-state index in [0.717, 1.165) is 24.5 Å². The van der Waals surface area contributed by atoms with E-state index in [1.54, 1.807) is 5.38 Å². The van der Waals surface area contributed by atoms with E-state index in [-0.39, 0.29) is 23.6 Å². The first kappa shape index (κ1) is 21.6. The largest absolute Gasteiger partial charge is 0.493 e. The van der Waals surface area contributed by atoms with Crippen LogP contribution in [0.5, 0.6) is 5.75 Å². The van der Waals surface area contributed by atoms with Crippen LogP contribution >= 0.6 is 11.3 Å². The van der Waals surface area contributed by atoms with Crippen LogP contribution in [0.2, 0.25) is 0 Å². The SMILES string of the molecule is C[C@]1(c2nc(C(=O)O)cs2)CC[C@@H]2[C@@H](COc3ccc(C4CC4)c(C4CC4)c3)[C@@H](O)C[C@@H]2O1. The highest BCUT2D eigenvalue weighted by Gasteiger charge is 2.51. The van der Waals surface area contributed by atoms with E-state index in [9.17, 15) is 15.0 Å². The molecule has 0 spiro atoms. The summed E-state index contributed by atoms with van der Waals surface area (Å²) in [4.78, 5) is 15.5. The number of hydrogen-bond donors (Lipinski definition) is 2. The van der Waals surface area contributed by atoms with Crippen LogP contribution in [0.15, 0.2) is 23.6 Å². The number of aliphatic hydroxyl groups excluding tert-OH is 1. The third kappa shape index (κ3) is 4.08. The fourth-order valence-corrected chi connectivity index (χ4v) is 6.80. The predicted octanol–water partition coefficient (Wildman–Crippen LogP) is 5.07. The van der Waals surface area contributed by atoms with Crippen LogP contribution in [0.25, 0.3) is 0 Å². The summed E-state index contributed by atoms with van der Waals surface area (Å²) in [5.74, 6) is 1.65. The first-order valence-corrected chi connectivity index (χ1v) is 13.1. The van der Waals surface area contributed by atoms with Gasteiger partial charge in [0.05, 0.1) is 18.8 Å². The number of nitrogens with zero attached hydrogens (tertiary/aromatic N) is 1. The maximum Gasteiger partial charge on any atom is 0.355 e. The van der Waals surface area contributed by atoms with Gasteiger partial charge in [-0.2, -0.15) is 0 Å². The Hall–Kier alpha value is -1.96. The zero-order valence-electron chi connectivity index (χ0n) is 18.9. The average Bonchev–Trinajstić information content (AvgIpc) is 3.72. The number of carboxylic acid groups (broad SMARTS) is 1. The summed E-state index contributed by atoms with van der Waals surface area (Å²) in [6.45, 7) is 2.49. The van der Waals surface area contributed by atoms with Gasteiger partial charge in [-0.3, -0.25) is 0 Å². The normalized spacial score (nSPS) is 33.6. The molecule has 1 aliphatic heterocycles. The van der Waals surface area contributed by atoms with E-state index in [1.165, 1.54) is 48.1 Å². The van der Waals surface area contributed by atoms with Crippen molar-refractivity contribution in [2.45, 2.75) is 81.5 Å². The van der Waals surface area contributed by atoms with Gasteiger partial charge in [-0.05, 0) is 86.5 Å². The quantitative estimate of drug-likeness (QED) is 0.589. The summed E-state index contributed by atoms with van der Waals surface area (Å²) in [5, 5.41) is 22.3. The van der Waals surface area contributed by atoms with Gasteiger partial charge in [0, 0.05) is 17.7 Å². The molecule has 6 nitrogen and oxygen atoms in total. The first-order chi connectivity index (χ1) is 15.9. The number of ether oxygens (including phenoxy) is 2. The molecule has 4 aliphatic rings. The number of carbonyl (C=O) groups is 1. The van der Waals surface area contributed by atoms with Crippen LogP contribution in [0.4, 0.5) is 0 Å². The zero-order valence-corrected chi connectivity index (χ0v) is 19.7. The van der Waals surface area contributed by atoms with E-state index < -0.39 is 17.7 Å². The van der Waals surface area contributed by atoms with Crippen LogP contribution in [-0.2, 0) is 10.3 Å². The lowest BCUT2D eigenvalue weighted by Crippen LogP contribution is -2.41. The average molecular weight is 470 g/mol. The Kier molecular flexibility index (Phi) is 5.27. The maximum atomic E-state index is 11.2. The van der Waals surface area contributed by atoms with E-state index >= 15 is 0 Å². The smallest absolute Gasteiger partial charge is 0.355 e. The summed E-state index contributed by atoms with van der Waals surface area (Å²) in [6, 6.07) is 6.62. The van der Waals surface area contributed by atoms with Gasteiger partial charge >= 0.3 is 5.97 Å². The van der Waals surface area contributed by atoms with Crippen molar-refractivity contribution >= 4 is 17.3 Å². The van der Waals surface area contributed by atoms with Gasteiger partial charge in [0.15, 0.2) is 5.69 Å². The molecule has 1 aromatic heterocycles. The van der Waals surface area contributed by atoms with Crippen molar-refractivity contribution in [3.63, 3.8) is 0 Å². The van der Waals surface area contributed by atoms with Crippen LogP contribution in [-0.4, -0.2) is 40.0 Å². The Morgan fingerprint density at radius 3 is 2.67 bits per heavy atom. The van der Waals surface area contributed by atoms with Crippen molar-refractivity contribution in [2.75, 3.05) is 6.61 Å². The van der Waals surface area contributed by atoms with Gasteiger partial charge in [-0.1, -0.05) is 6.07 Å². The van der Waals surface area contributed by atoms with Crippen molar-refractivity contribution < 1.29 is 24.5 Å². The first-order valence-electron chi connectivity index (χ1n) is 12.2. The number of fused-ring (bicyclic) bond motifs is 1. The standard InChI is InChI=1S/C26H31NO5S/c1-26(25-27-21(13-33-25)24(29)30)9-8-18-20(22(28)11-23(18)32-26)12-31-16-6-7-17(14-2-3-14)19(10-16)15-4-5-15/h6-7,10,13-15,18,20,22-23,28H,2-5,8-9,11-12H2,1H3,(H,29,30)/t18-,20-,22+,23+,26-/m1/s1. The van der Waals surface area contributed by atoms with Crippen molar-refractivity contribution in [1.82, 2.24) is 4.98 Å². The van der Waals surface area contributed by atoms with Gasteiger partial charge in [0.1, 0.15) is 16.4 Å². The number of hydrogen-bond acceptors (Lipinski definition) is 6. The third-order valence-electron chi connectivity index (χ3n) is 8.07. The molecule has 6 rings (SSSR count). The monoisotopic (exact) mass is 469 g/mol. The number of thiazole rings is 1. The number of benzene rings is 1. The molecule has 0 unspecified atom stereocenters. The minimum absolute atomic E-state index is 0.0397. The van der Waals surface area contributed by atoms with Crippen LogP contribution in [0.3, 0.4) is 0 Å². The minimum atomic E-state index is -1.02. The molecule has 3 saturated carbocycles. The number of aliphatic hydroxyl groups is 1. The van der Waals surface area contributed by atoms with E-state index in [4.69, 9.17) is 9.47 Å². The number of carboxylic acids is 1. The van der Waals surface area contributed by atoms with Crippen LogP contribution in [0, 0.1) is 11.8 Å². The molecule has 2 heterocycles. The molecule has 1 saturated heterocycles. The highest BCUT2D eigenvalue weighted by Crippen LogP contribution is 2.51. The third-order valence-corrected chi connectivity index (χ3v) is 9.16. The molecular formula is C26H31NO5S. The Morgan fingerprint density at radius 2 is 1.97 bits per heavy atom. The van der Waals surface area contributed by atoms with E-state index in [2.05, 4.69) is 23.2 Å². The molecule has 0 radical (unpaired) electrons. The molecule has 4 fully saturated rings. The van der Waals surface area contributed by atoms with Gasteiger partial charge in [-0.15, -0.1) is 11.3 Å². The number of rotatable bonds is 7. The van der Waals surface area contributed by atoms with Crippen LogP contribution in [0.1, 0.15) is 90.3 Å². The van der Waals surface area contributed by atoms with Crippen molar-refractivity contribution in [3.05, 3.63) is 45.4 Å². The second kappa shape index (κ2) is 8.07. The molecule has 7 heteroatoms. The minimum Gasteiger partial charge on any atom is -0.493 e. The molecule has 0 amide bonds. The fraction of sp³-hybridized carbons (Fsp3) is 0.615. The van der Waals surface area contributed by atoms with Crippen molar-refractivity contribution in [3.8, 4) is 5.75 Å². The summed E-state index contributed by atoms with van der Waals surface area (Å²) in [5.41, 5.74) is 2.48. The topological polar surface area (TPSA) is 88.9 Å². The van der Waals surface area contributed by atoms with Gasteiger partial charge in [0.2, 0.25) is 0 Å². The molecule has 2 N–H and O–H groups in total. The molecule has 1 aromatic carbocycles. The lowest BCUT2D eigenvalue weighted by Gasteiger charge is -2.40. The van der Waals surface area contributed by atoms with E-state index in [0.29, 0.717) is 24.0 Å².